The molecule has 2 atom stereocenters. The highest BCUT2D eigenvalue weighted by Crippen LogP contribution is 2.27. The third-order valence-electron chi connectivity index (χ3n) is 4.18. The number of benzene rings is 1. The van der Waals surface area contributed by atoms with E-state index in [2.05, 4.69) is 31.0 Å². The van der Waals surface area contributed by atoms with E-state index >= 15 is 0 Å². The van der Waals surface area contributed by atoms with E-state index in [1.807, 2.05) is 6.07 Å². The molecular weight excluding hydrogens is 251 g/mol. The van der Waals surface area contributed by atoms with Crippen LogP contribution in [0.3, 0.4) is 0 Å². The molecule has 0 aromatic heterocycles. The van der Waals surface area contributed by atoms with Crippen LogP contribution in [0.25, 0.3) is 0 Å². The molecule has 1 N–H and O–H groups in total. The maximum absolute atomic E-state index is 13.3. The first-order chi connectivity index (χ1) is 9.56. The van der Waals surface area contributed by atoms with E-state index in [4.69, 9.17) is 0 Å². The molecular formula is C17H27FN2. The van der Waals surface area contributed by atoms with E-state index in [1.165, 1.54) is 12.5 Å². The molecule has 1 aromatic rings. The van der Waals surface area contributed by atoms with Crippen molar-refractivity contribution in [3.8, 4) is 0 Å². The molecule has 2 unspecified atom stereocenters. The molecule has 0 spiro atoms. The van der Waals surface area contributed by atoms with Crippen molar-refractivity contribution in [2.75, 3.05) is 26.2 Å². The van der Waals surface area contributed by atoms with Crippen molar-refractivity contribution in [3.05, 3.63) is 35.6 Å². The quantitative estimate of drug-likeness (QED) is 0.857. The second-order valence-electron chi connectivity index (χ2n) is 6.43. The van der Waals surface area contributed by atoms with Crippen molar-refractivity contribution < 1.29 is 4.39 Å². The fraction of sp³-hybridized carbons (Fsp3) is 0.647. The molecule has 1 fully saturated rings. The molecule has 20 heavy (non-hydrogen) atoms. The van der Waals surface area contributed by atoms with Crippen LogP contribution in [0.5, 0.6) is 0 Å². The highest BCUT2D eigenvalue weighted by molar-refractivity contribution is 5.20. The largest absolute Gasteiger partial charge is 0.316 e. The minimum Gasteiger partial charge on any atom is -0.316 e. The highest BCUT2D eigenvalue weighted by atomic mass is 19.1. The highest BCUT2D eigenvalue weighted by Gasteiger charge is 2.26. The first-order valence-electron chi connectivity index (χ1n) is 7.76. The third-order valence-corrected chi connectivity index (χ3v) is 4.18. The third kappa shape index (κ3) is 4.29. The summed E-state index contributed by atoms with van der Waals surface area (Å²) in [5, 5.41) is 3.55. The first-order valence-corrected chi connectivity index (χ1v) is 7.76. The van der Waals surface area contributed by atoms with Gasteiger partial charge in [0.05, 0.1) is 0 Å². The van der Waals surface area contributed by atoms with Gasteiger partial charge in [-0.1, -0.05) is 26.0 Å². The van der Waals surface area contributed by atoms with Crippen LogP contribution in [0.2, 0.25) is 0 Å². The predicted molar refractivity (Wildman–Crippen MR) is 82.2 cm³/mol. The van der Waals surface area contributed by atoms with Gasteiger partial charge in [0, 0.05) is 12.6 Å². The average Bonchev–Trinajstić information content (AvgIpc) is 2.86. The zero-order valence-electron chi connectivity index (χ0n) is 12.9. The normalized spacial score (nSPS) is 21.6. The topological polar surface area (TPSA) is 15.3 Å². The molecule has 0 bridgehead atoms. The van der Waals surface area contributed by atoms with Gasteiger partial charge in [-0.05, 0) is 62.5 Å². The van der Waals surface area contributed by atoms with Crippen molar-refractivity contribution in [2.24, 2.45) is 11.8 Å². The molecule has 0 saturated carbocycles. The van der Waals surface area contributed by atoms with E-state index in [1.54, 1.807) is 12.1 Å². The van der Waals surface area contributed by atoms with Gasteiger partial charge < -0.3 is 5.32 Å². The van der Waals surface area contributed by atoms with Crippen molar-refractivity contribution in [2.45, 2.75) is 33.2 Å². The minimum absolute atomic E-state index is 0.135. The molecule has 1 heterocycles. The molecule has 1 aliphatic heterocycles. The maximum atomic E-state index is 13.3. The summed E-state index contributed by atoms with van der Waals surface area (Å²) >= 11 is 0. The van der Waals surface area contributed by atoms with Gasteiger partial charge in [0.1, 0.15) is 5.82 Å². The second kappa shape index (κ2) is 7.19. The summed E-state index contributed by atoms with van der Waals surface area (Å²) < 4.78 is 13.3. The number of hydrogen-bond acceptors (Lipinski definition) is 2. The zero-order chi connectivity index (χ0) is 14.5. The van der Waals surface area contributed by atoms with Crippen LogP contribution >= 0.6 is 0 Å². The number of nitrogens with zero attached hydrogens (tertiary/aromatic N) is 1. The number of likely N-dealkylation sites (tertiary alicyclic amines) is 1. The molecule has 2 rings (SSSR count). The lowest BCUT2D eigenvalue weighted by atomic mass is 10.1. The molecule has 1 aromatic carbocycles. The smallest absolute Gasteiger partial charge is 0.123 e. The van der Waals surface area contributed by atoms with Crippen molar-refractivity contribution in [1.82, 2.24) is 10.2 Å². The Bertz CT molecular complexity index is 419. The van der Waals surface area contributed by atoms with E-state index in [9.17, 15) is 4.39 Å². The molecule has 3 heteroatoms. The Morgan fingerprint density at radius 1 is 1.35 bits per heavy atom. The Morgan fingerprint density at radius 2 is 2.15 bits per heavy atom. The molecule has 0 radical (unpaired) electrons. The van der Waals surface area contributed by atoms with E-state index in [-0.39, 0.29) is 5.82 Å². The van der Waals surface area contributed by atoms with Crippen molar-refractivity contribution >= 4 is 0 Å². The number of nitrogens with one attached hydrogen (secondary N) is 1. The molecule has 112 valence electrons. The Hall–Kier alpha value is -0.930. The van der Waals surface area contributed by atoms with Gasteiger partial charge in [-0.3, -0.25) is 4.90 Å². The van der Waals surface area contributed by atoms with Gasteiger partial charge in [-0.2, -0.15) is 0 Å². The fourth-order valence-electron chi connectivity index (χ4n) is 2.93. The Balaban J connectivity index is 1.83. The summed E-state index contributed by atoms with van der Waals surface area (Å²) in [6, 6.07) is 7.31. The van der Waals surface area contributed by atoms with E-state index < -0.39 is 0 Å². The van der Waals surface area contributed by atoms with Crippen molar-refractivity contribution in [1.29, 1.82) is 0 Å². The summed E-state index contributed by atoms with van der Waals surface area (Å²) in [5.41, 5.74) is 1.08. The lowest BCUT2D eigenvalue weighted by molar-refractivity contribution is 0.251. The lowest BCUT2D eigenvalue weighted by Gasteiger charge is -2.25. The van der Waals surface area contributed by atoms with Gasteiger partial charge in [-0.25, -0.2) is 4.39 Å². The van der Waals surface area contributed by atoms with Crippen LogP contribution in [0.1, 0.15) is 38.8 Å². The summed E-state index contributed by atoms with van der Waals surface area (Å²) in [5.74, 6) is 1.30. The number of hydrogen-bond donors (Lipinski definition) is 1. The van der Waals surface area contributed by atoms with Crippen molar-refractivity contribution in [3.63, 3.8) is 0 Å². The average molecular weight is 278 g/mol. The Labute approximate surface area is 122 Å². The maximum Gasteiger partial charge on any atom is 0.123 e. The number of halogens is 1. The molecule has 0 amide bonds. The van der Waals surface area contributed by atoms with Gasteiger partial charge >= 0.3 is 0 Å². The fourth-order valence-corrected chi connectivity index (χ4v) is 2.93. The summed E-state index contributed by atoms with van der Waals surface area (Å²) in [6.45, 7) is 11.1. The Morgan fingerprint density at radius 3 is 2.85 bits per heavy atom. The molecule has 1 saturated heterocycles. The summed E-state index contributed by atoms with van der Waals surface area (Å²) in [7, 11) is 0. The lowest BCUT2D eigenvalue weighted by Crippen LogP contribution is -2.29. The van der Waals surface area contributed by atoms with Gasteiger partial charge in [0.15, 0.2) is 0 Å². The monoisotopic (exact) mass is 278 g/mol. The summed E-state index contributed by atoms with van der Waals surface area (Å²) in [6.07, 6.45) is 1.24. The molecule has 0 aliphatic carbocycles. The molecule has 1 aliphatic rings. The number of rotatable bonds is 6. The van der Waals surface area contributed by atoms with E-state index in [0.717, 1.165) is 37.7 Å². The van der Waals surface area contributed by atoms with Crippen LogP contribution in [0.15, 0.2) is 24.3 Å². The van der Waals surface area contributed by atoms with Crippen LogP contribution in [-0.2, 0) is 0 Å². The van der Waals surface area contributed by atoms with Gasteiger partial charge in [0.2, 0.25) is 0 Å². The van der Waals surface area contributed by atoms with Gasteiger partial charge in [0.25, 0.3) is 0 Å². The Kier molecular flexibility index (Phi) is 5.55. The van der Waals surface area contributed by atoms with Crippen LogP contribution in [0.4, 0.5) is 4.39 Å². The predicted octanol–water partition coefficient (Wildman–Crippen LogP) is 3.45. The standard InChI is InChI=1S/C17H27FN2/c1-13(2)10-19-11-15-7-8-20(12-15)14(3)16-5-4-6-17(18)9-16/h4-6,9,13-15,19H,7-8,10-12H2,1-3H3. The second-order valence-corrected chi connectivity index (χ2v) is 6.43. The summed E-state index contributed by atoms with van der Waals surface area (Å²) in [4.78, 5) is 2.47. The first kappa shape index (κ1) is 15.5. The van der Waals surface area contributed by atoms with E-state index in [0.29, 0.717) is 12.0 Å². The SMILES string of the molecule is CC(C)CNCC1CCN(C(C)c2cccc(F)c2)C1. The molecule has 2 nitrogen and oxygen atoms in total. The van der Waals surface area contributed by atoms with Crippen LogP contribution < -0.4 is 5.32 Å². The minimum atomic E-state index is -0.135. The van der Waals surface area contributed by atoms with Gasteiger partial charge in [-0.15, -0.1) is 0 Å². The van der Waals surface area contributed by atoms with Crippen LogP contribution in [0, 0.1) is 17.7 Å². The van der Waals surface area contributed by atoms with Crippen LogP contribution in [-0.4, -0.2) is 31.1 Å². The zero-order valence-corrected chi connectivity index (χ0v) is 12.9.